The summed E-state index contributed by atoms with van der Waals surface area (Å²) in [6, 6.07) is 0. The molecule has 0 radical (unpaired) electrons. The van der Waals surface area contributed by atoms with Gasteiger partial charge in [0, 0.05) is 18.5 Å². The molecule has 0 spiro atoms. The fraction of sp³-hybridized carbons (Fsp3) is 0.833. The van der Waals surface area contributed by atoms with Crippen LogP contribution in [0.2, 0.25) is 0 Å². The van der Waals surface area contributed by atoms with Gasteiger partial charge in [0.05, 0.1) is 13.5 Å². The van der Waals surface area contributed by atoms with Gasteiger partial charge in [0.1, 0.15) is 0 Å². The van der Waals surface area contributed by atoms with Crippen molar-refractivity contribution in [1.82, 2.24) is 4.90 Å². The molecule has 0 N–H and O–H groups in total. The summed E-state index contributed by atoms with van der Waals surface area (Å²) in [5, 5.41) is 0. The molecule has 0 atom stereocenters. The van der Waals surface area contributed by atoms with E-state index in [1.54, 1.807) is 4.90 Å². The topological polar surface area (TPSA) is 46.6 Å². The molecular formula is C12H23NO3. The predicted octanol–water partition coefficient (Wildman–Crippen LogP) is 1.83. The number of nitrogens with zero attached hydrogens (tertiary/aromatic N) is 1. The standard InChI is InChI=1S/C12H23NO3/c1-6-12(3,4)11(15)13(7-2)9-8-10(14)16-5/h6-9H2,1-5H3. The van der Waals surface area contributed by atoms with Crippen molar-refractivity contribution in [2.24, 2.45) is 5.41 Å². The maximum atomic E-state index is 12.1. The highest BCUT2D eigenvalue weighted by molar-refractivity contribution is 5.82. The second-order valence-corrected chi connectivity index (χ2v) is 4.45. The monoisotopic (exact) mass is 229 g/mol. The third-order valence-corrected chi connectivity index (χ3v) is 2.95. The minimum Gasteiger partial charge on any atom is -0.469 e. The van der Waals surface area contributed by atoms with Gasteiger partial charge in [-0.15, -0.1) is 0 Å². The maximum Gasteiger partial charge on any atom is 0.307 e. The van der Waals surface area contributed by atoms with Gasteiger partial charge < -0.3 is 9.64 Å². The predicted molar refractivity (Wildman–Crippen MR) is 63.0 cm³/mol. The van der Waals surface area contributed by atoms with E-state index >= 15 is 0 Å². The molecule has 16 heavy (non-hydrogen) atoms. The summed E-state index contributed by atoms with van der Waals surface area (Å²) in [7, 11) is 1.36. The van der Waals surface area contributed by atoms with Crippen LogP contribution in [0.3, 0.4) is 0 Å². The largest absolute Gasteiger partial charge is 0.469 e. The van der Waals surface area contributed by atoms with Crippen LogP contribution in [-0.2, 0) is 14.3 Å². The molecule has 0 aliphatic carbocycles. The molecule has 0 aromatic rings. The van der Waals surface area contributed by atoms with Crippen LogP contribution < -0.4 is 0 Å². The average molecular weight is 229 g/mol. The van der Waals surface area contributed by atoms with Crippen LogP contribution in [0, 0.1) is 5.41 Å². The van der Waals surface area contributed by atoms with E-state index in [-0.39, 0.29) is 23.7 Å². The zero-order valence-corrected chi connectivity index (χ0v) is 11.0. The quantitative estimate of drug-likeness (QED) is 0.653. The fourth-order valence-corrected chi connectivity index (χ4v) is 1.31. The van der Waals surface area contributed by atoms with Gasteiger partial charge in [-0.2, -0.15) is 0 Å². The summed E-state index contributed by atoms with van der Waals surface area (Å²) < 4.78 is 4.56. The molecule has 0 heterocycles. The Morgan fingerprint density at radius 2 is 1.81 bits per heavy atom. The minimum atomic E-state index is -0.355. The van der Waals surface area contributed by atoms with Crippen LogP contribution in [-0.4, -0.2) is 37.0 Å². The lowest BCUT2D eigenvalue weighted by Crippen LogP contribution is -2.41. The fourth-order valence-electron chi connectivity index (χ4n) is 1.31. The Hall–Kier alpha value is -1.06. The summed E-state index contributed by atoms with van der Waals surface area (Å²) >= 11 is 0. The molecule has 0 rings (SSSR count). The highest BCUT2D eigenvalue weighted by Gasteiger charge is 2.29. The number of esters is 1. The van der Waals surface area contributed by atoms with E-state index in [0.29, 0.717) is 13.1 Å². The molecule has 0 aliphatic heterocycles. The van der Waals surface area contributed by atoms with E-state index < -0.39 is 0 Å². The van der Waals surface area contributed by atoms with Gasteiger partial charge in [-0.25, -0.2) is 0 Å². The highest BCUT2D eigenvalue weighted by atomic mass is 16.5. The zero-order valence-electron chi connectivity index (χ0n) is 11.0. The Balaban J connectivity index is 4.39. The first kappa shape index (κ1) is 14.9. The molecule has 0 saturated heterocycles. The van der Waals surface area contributed by atoms with Gasteiger partial charge in [-0.3, -0.25) is 9.59 Å². The molecule has 0 aliphatic rings. The summed E-state index contributed by atoms with van der Waals surface area (Å²) in [5.41, 5.74) is -0.355. The van der Waals surface area contributed by atoms with Crippen molar-refractivity contribution in [2.75, 3.05) is 20.2 Å². The first-order valence-electron chi connectivity index (χ1n) is 5.75. The maximum absolute atomic E-state index is 12.1. The lowest BCUT2D eigenvalue weighted by molar-refractivity contribution is -0.144. The van der Waals surface area contributed by atoms with Crippen LogP contribution in [0.25, 0.3) is 0 Å². The van der Waals surface area contributed by atoms with Gasteiger partial charge in [-0.1, -0.05) is 20.8 Å². The normalized spacial score (nSPS) is 11.1. The smallest absolute Gasteiger partial charge is 0.307 e. The number of hydrogen-bond acceptors (Lipinski definition) is 3. The summed E-state index contributed by atoms with van der Waals surface area (Å²) in [5.74, 6) is -0.179. The van der Waals surface area contributed by atoms with Gasteiger partial charge in [0.2, 0.25) is 5.91 Å². The summed E-state index contributed by atoms with van der Waals surface area (Å²) in [4.78, 5) is 24.8. The Labute approximate surface area is 98.0 Å². The van der Waals surface area contributed by atoms with Gasteiger partial charge in [0.15, 0.2) is 0 Å². The molecule has 0 unspecified atom stereocenters. The number of carbonyl (C=O) groups is 2. The second-order valence-electron chi connectivity index (χ2n) is 4.45. The van der Waals surface area contributed by atoms with E-state index in [9.17, 15) is 9.59 Å². The van der Waals surface area contributed by atoms with E-state index in [1.165, 1.54) is 7.11 Å². The molecule has 0 fully saturated rings. The Morgan fingerprint density at radius 1 is 1.25 bits per heavy atom. The summed E-state index contributed by atoms with van der Waals surface area (Å²) in [6.07, 6.45) is 1.05. The van der Waals surface area contributed by atoms with Gasteiger partial charge >= 0.3 is 5.97 Å². The number of carbonyl (C=O) groups excluding carboxylic acids is 2. The van der Waals surface area contributed by atoms with E-state index in [4.69, 9.17) is 0 Å². The molecule has 1 amide bonds. The van der Waals surface area contributed by atoms with Crippen LogP contribution in [0.1, 0.15) is 40.5 Å². The Morgan fingerprint density at radius 3 is 2.19 bits per heavy atom. The Bertz CT molecular complexity index is 249. The van der Waals surface area contributed by atoms with Crippen LogP contribution >= 0.6 is 0 Å². The van der Waals surface area contributed by atoms with Crippen LogP contribution in [0.4, 0.5) is 0 Å². The lowest BCUT2D eigenvalue weighted by atomic mass is 9.88. The van der Waals surface area contributed by atoms with Crippen molar-refractivity contribution in [3.8, 4) is 0 Å². The molecular weight excluding hydrogens is 206 g/mol. The first-order valence-corrected chi connectivity index (χ1v) is 5.75. The number of hydrogen-bond donors (Lipinski definition) is 0. The third-order valence-electron chi connectivity index (χ3n) is 2.95. The highest BCUT2D eigenvalue weighted by Crippen LogP contribution is 2.22. The number of methoxy groups -OCH3 is 1. The van der Waals surface area contributed by atoms with Crippen LogP contribution in [0.15, 0.2) is 0 Å². The number of rotatable bonds is 6. The van der Waals surface area contributed by atoms with E-state index in [2.05, 4.69) is 4.74 Å². The van der Waals surface area contributed by atoms with Crippen LogP contribution in [0.5, 0.6) is 0 Å². The van der Waals surface area contributed by atoms with Crippen molar-refractivity contribution in [1.29, 1.82) is 0 Å². The molecule has 0 aromatic heterocycles. The summed E-state index contributed by atoms with van der Waals surface area (Å²) in [6.45, 7) is 8.82. The average Bonchev–Trinajstić information content (AvgIpc) is 2.29. The molecule has 0 bridgehead atoms. The molecule has 0 saturated carbocycles. The van der Waals surface area contributed by atoms with Crippen molar-refractivity contribution < 1.29 is 14.3 Å². The molecule has 94 valence electrons. The van der Waals surface area contributed by atoms with Crippen molar-refractivity contribution >= 4 is 11.9 Å². The zero-order chi connectivity index (χ0) is 12.8. The Kier molecular flexibility index (Phi) is 6.08. The molecule has 4 heteroatoms. The van der Waals surface area contributed by atoms with Crippen molar-refractivity contribution in [3.05, 3.63) is 0 Å². The SMILES string of the molecule is CCN(CCC(=O)OC)C(=O)C(C)(C)CC. The first-order chi connectivity index (χ1) is 7.38. The minimum absolute atomic E-state index is 0.0985. The van der Waals surface area contributed by atoms with Crippen molar-refractivity contribution in [3.63, 3.8) is 0 Å². The number of ether oxygens (including phenoxy) is 1. The second kappa shape index (κ2) is 6.51. The van der Waals surface area contributed by atoms with E-state index in [0.717, 1.165) is 6.42 Å². The van der Waals surface area contributed by atoms with Gasteiger partial charge in [0.25, 0.3) is 0 Å². The van der Waals surface area contributed by atoms with E-state index in [1.807, 2.05) is 27.7 Å². The molecule has 0 aromatic carbocycles. The number of amides is 1. The van der Waals surface area contributed by atoms with Crippen molar-refractivity contribution in [2.45, 2.75) is 40.5 Å². The van der Waals surface area contributed by atoms with Gasteiger partial charge in [-0.05, 0) is 13.3 Å². The lowest BCUT2D eigenvalue weighted by Gasteiger charge is -2.30. The third kappa shape index (κ3) is 4.21. The molecule has 4 nitrogen and oxygen atoms in total.